The number of rotatable bonds is 5. The average molecular weight is 756 g/mol. The van der Waals surface area contributed by atoms with Gasteiger partial charge in [0.1, 0.15) is 11.2 Å². The largest absolute Gasteiger partial charge is 0.455 e. The Hall–Kier alpha value is -7.56. The fourth-order valence-electron chi connectivity index (χ4n) is 9.51. The van der Waals surface area contributed by atoms with Crippen LogP contribution in [0, 0.1) is 0 Å². The number of nitrogens with zero attached hydrogens (tertiary/aromatic N) is 3. The third-order valence-electron chi connectivity index (χ3n) is 12.4. The maximum absolute atomic E-state index is 6.55. The van der Waals surface area contributed by atoms with Gasteiger partial charge in [-0.25, -0.2) is 9.97 Å². The highest BCUT2D eigenvalue weighted by Crippen LogP contribution is 2.51. The molecule has 4 heteroatoms. The summed E-state index contributed by atoms with van der Waals surface area (Å²) in [6.07, 6.45) is 0. The Morgan fingerprint density at radius 2 is 1.07 bits per heavy atom. The summed E-state index contributed by atoms with van der Waals surface area (Å²) in [6, 6.07) is 67.0. The zero-order valence-electron chi connectivity index (χ0n) is 32.6. The minimum atomic E-state index is -0.148. The van der Waals surface area contributed by atoms with E-state index in [0.717, 1.165) is 72.3 Å². The fourth-order valence-corrected chi connectivity index (χ4v) is 9.51. The van der Waals surface area contributed by atoms with Gasteiger partial charge in [0, 0.05) is 54.9 Å². The van der Waals surface area contributed by atoms with Crippen molar-refractivity contribution in [3.63, 3.8) is 0 Å². The molecule has 0 saturated carbocycles. The molecule has 0 saturated heterocycles. The summed E-state index contributed by atoms with van der Waals surface area (Å²) in [7, 11) is 0. The number of fused-ring (bicyclic) bond motifs is 9. The Labute approximate surface area is 341 Å². The van der Waals surface area contributed by atoms with Gasteiger partial charge < -0.3 is 8.98 Å². The van der Waals surface area contributed by atoms with Crippen molar-refractivity contribution in [3.05, 3.63) is 199 Å². The molecule has 0 spiro atoms. The predicted molar refractivity (Wildman–Crippen MR) is 243 cm³/mol. The van der Waals surface area contributed by atoms with E-state index in [1.807, 2.05) is 18.2 Å². The van der Waals surface area contributed by atoms with E-state index in [1.54, 1.807) is 0 Å². The monoisotopic (exact) mass is 755 g/mol. The second-order valence-electron chi connectivity index (χ2n) is 16.2. The van der Waals surface area contributed by atoms with Crippen LogP contribution in [-0.4, -0.2) is 14.5 Å². The van der Waals surface area contributed by atoms with Crippen LogP contribution in [0.25, 0.3) is 106 Å². The van der Waals surface area contributed by atoms with Crippen molar-refractivity contribution in [2.45, 2.75) is 19.3 Å². The normalized spacial score (nSPS) is 13.1. The maximum atomic E-state index is 6.55. The number of benzene rings is 8. The van der Waals surface area contributed by atoms with Crippen molar-refractivity contribution < 1.29 is 4.42 Å². The summed E-state index contributed by atoms with van der Waals surface area (Å²) in [5, 5.41) is 4.66. The molecule has 1 aliphatic carbocycles. The van der Waals surface area contributed by atoms with Crippen LogP contribution in [0.3, 0.4) is 0 Å². The van der Waals surface area contributed by atoms with Crippen molar-refractivity contribution in [1.29, 1.82) is 0 Å². The van der Waals surface area contributed by atoms with Gasteiger partial charge in [0.2, 0.25) is 0 Å². The van der Waals surface area contributed by atoms with Crippen molar-refractivity contribution in [2.24, 2.45) is 0 Å². The second-order valence-corrected chi connectivity index (χ2v) is 16.2. The summed E-state index contributed by atoms with van der Waals surface area (Å²) in [5.41, 5.74) is 17.4. The molecular formula is C55H37N3O. The summed E-state index contributed by atoms with van der Waals surface area (Å²) >= 11 is 0. The van der Waals surface area contributed by atoms with Gasteiger partial charge in [-0.1, -0.05) is 153 Å². The van der Waals surface area contributed by atoms with Crippen LogP contribution < -0.4 is 0 Å². The number of hydrogen-bond acceptors (Lipinski definition) is 3. The van der Waals surface area contributed by atoms with Gasteiger partial charge in [-0.2, -0.15) is 0 Å². The third kappa shape index (κ3) is 5.16. The molecule has 0 atom stereocenters. The Morgan fingerprint density at radius 3 is 1.86 bits per heavy atom. The van der Waals surface area contributed by atoms with E-state index in [2.05, 4.69) is 188 Å². The van der Waals surface area contributed by atoms with E-state index in [1.165, 1.54) is 38.5 Å². The van der Waals surface area contributed by atoms with Gasteiger partial charge in [0.15, 0.2) is 5.82 Å². The van der Waals surface area contributed by atoms with Crippen LogP contribution in [-0.2, 0) is 5.41 Å². The number of furan rings is 1. The molecular weight excluding hydrogens is 719 g/mol. The molecule has 8 aromatic carbocycles. The van der Waals surface area contributed by atoms with Gasteiger partial charge in [-0.05, 0) is 76.3 Å². The molecule has 1 aliphatic rings. The number of para-hydroxylation sites is 2. The van der Waals surface area contributed by atoms with E-state index in [-0.39, 0.29) is 5.41 Å². The minimum absolute atomic E-state index is 0.148. The average Bonchev–Trinajstić information content (AvgIpc) is 3.91. The predicted octanol–water partition coefficient (Wildman–Crippen LogP) is 14.4. The molecule has 3 aromatic heterocycles. The topological polar surface area (TPSA) is 43.9 Å². The Kier molecular flexibility index (Phi) is 7.24. The lowest BCUT2D eigenvalue weighted by molar-refractivity contribution is 0.661. The van der Waals surface area contributed by atoms with Gasteiger partial charge in [0.25, 0.3) is 0 Å². The molecule has 0 amide bonds. The van der Waals surface area contributed by atoms with Crippen molar-refractivity contribution in [1.82, 2.24) is 14.5 Å². The smallest absolute Gasteiger partial charge is 0.160 e. The second kappa shape index (κ2) is 12.7. The Morgan fingerprint density at radius 1 is 0.424 bits per heavy atom. The molecule has 0 N–H and O–H groups in total. The van der Waals surface area contributed by atoms with Gasteiger partial charge >= 0.3 is 0 Å². The molecule has 278 valence electrons. The lowest BCUT2D eigenvalue weighted by Gasteiger charge is -2.21. The standard InChI is InChI=1S/C55H37N3O/c1-55(2)46-25-11-9-21-40(46)43-31-45-44-30-36(39-23-14-24-42-41-22-10-12-26-52(41)59-53(39)42)27-28-50(44)58(51(45)32-47(43)55)38-20-13-19-37(29-38)54-56-48(34-15-5-3-6-16-34)33-49(57-54)35-17-7-4-8-18-35/h3-33H,1-2H3. The minimum Gasteiger partial charge on any atom is -0.455 e. The fraction of sp³-hybridized carbons (Fsp3) is 0.0545. The Balaban J connectivity index is 1.09. The first kappa shape index (κ1) is 33.6. The summed E-state index contributed by atoms with van der Waals surface area (Å²) in [5.74, 6) is 0.687. The van der Waals surface area contributed by atoms with Crippen LogP contribution in [0.1, 0.15) is 25.0 Å². The molecule has 0 fully saturated rings. The first-order chi connectivity index (χ1) is 29.0. The summed E-state index contributed by atoms with van der Waals surface area (Å²) in [4.78, 5) is 10.4. The molecule has 0 aliphatic heterocycles. The van der Waals surface area contributed by atoms with Gasteiger partial charge in [0.05, 0.1) is 22.4 Å². The molecule has 0 radical (unpaired) electrons. The highest BCUT2D eigenvalue weighted by molar-refractivity contribution is 6.14. The van der Waals surface area contributed by atoms with Crippen molar-refractivity contribution in [2.75, 3.05) is 0 Å². The molecule has 0 unspecified atom stereocenters. The first-order valence-corrected chi connectivity index (χ1v) is 20.2. The van der Waals surface area contributed by atoms with Crippen LogP contribution in [0.2, 0.25) is 0 Å². The highest BCUT2D eigenvalue weighted by atomic mass is 16.3. The molecule has 11 aromatic rings. The van der Waals surface area contributed by atoms with Crippen LogP contribution >= 0.6 is 0 Å². The first-order valence-electron chi connectivity index (χ1n) is 20.2. The van der Waals surface area contributed by atoms with E-state index in [9.17, 15) is 0 Å². The summed E-state index contributed by atoms with van der Waals surface area (Å²) in [6.45, 7) is 4.70. The highest BCUT2D eigenvalue weighted by Gasteiger charge is 2.36. The van der Waals surface area contributed by atoms with E-state index >= 15 is 0 Å². The van der Waals surface area contributed by atoms with Crippen LogP contribution in [0.5, 0.6) is 0 Å². The Bertz CT molecular complexity index is 3410. The molecule has 59 heavy (non-hydrogen) atoms. The molecule has 0 bridgehead atoms. The molecule has 12 rings (SSSR count). The zero-order valence-corrected chi connectivity index (χ0v) is 32.6. The van der Waals surface area contributed by atoms with Gasteiger partial charge in [-0.15, -0.1) is 0 Å². The van der Waals surface area contributed by atoms with E-state index in [0.29, 0.717) is 5.82 Å². The third-order valence-corrected chi connectivity index (χ3v) is 12.4. The lowest BCUT2D eigenvalue weighted by atomic mass is 9.82. The van der Waals surface area contributed by atoms with E-state index < -0.39 is 0 Å². The van der Waals surface area contributed by atoms with Crippen LogP contribution in [0.15, 0.2) is 192 Å². The van der Waals surface area contributed by atoms with Crippen LogP contribution in [0.4, 0.5) is 0 Å². The molecule has 3 heterocycles. The number of aromatic nitrogens is 3. The zero-order chi connectivity index (χ0) is 39.2. The summed E-state index contributed by atoms with van der Waals surface area (Å²) < 4.78 is 8.97. The van der Waals surface area contributed by atoms with E-state index in [4.69, 9.17) is 14.4 Å². The quantitative estimate of drug-likeness (QED) is 0.176. The lowest BCUT2D eigenvalue weighted by Crippen LogP contribution is -2.14. The van der Waals surface area contributed by atoms with Crippen molar-refractivity contribution >= 4 is 43.7 Å². The maximum Gasteiger partial charge on any atom is 0.160 e. The SMILES string of the molecule is CC1(C)c2ccccc2-c2cc3c4cc(-c5cccc6c5oc5ccccc56)ccc4n(-c4cccc(-c5nc(-c6ccccc6)cc(-c6ccccc6)n5)c4)c3cc21. The van der Waals surface area contributed by atoms with Crippen molar-refractivity contribution in [3.8, 4) is 61.8 Å². The van der Waals surface area contributed by atoms with Gasteiger partial charge in [-0.3, -0.25) is 0 Å². The number of hydrogen-bond donors (Lipinski definition) is 0. The molecule has 4 nitrogen and oxygen atoms in total.